The lowest BCUT2D eigenvalue weighted by molar-refractivity contribution is -0.142. The maximum atomic E-state index is 11.4. The van der Waals surface area contributed by atoms with Crippen molar-refractivity contribution in [2.24, 2.45) is 11.8 Å². The number of hydrogen-bond acceptors (Lipinski definition) is 3. The minimum absolute atomic E-state index is 0.147. The topological polar surface area (TPSA) is 46.5 Å². The van der Waals surface area contributed by atoms with Crippen LogP contribution in [0.2, 0.25) is 0 Å². The van der Waals surface area contributed by atoms with Crippen LogP contribution in [0, 0.1) is 11.8 Å². The highest BCUT2D eigenvalue weighted by Crippen LogP contribution is 2.42. The summed E-state index contributed by atoms with van der Waals surface area (Å²) in [6.07, 6.45) is 6.86. The first-order chi connectivity index (χ1) is 9.11. The summed E-state index contributed by atoms with van der Waals surface area (Å²) in [5.41, 5.74) is 0. The van der Waals surface area contributed by atoms with E-state index in [0.29, 0.717) is 5.25 Å². The number of hydrogen-bond donors (Lipinski definition) is 1. The predicted octanol–water partition coefficient (Wildman–Crippen LogP) is 3.57. The van der Waals surface area contributed by atoms with Crippen LogP contribution in [-0.4, -0.2) is 34.3 Å². The summed E-state index contributed by atoms with van der Waals surface area (Å²) in [5.74, 6) is -0.0133. The fourth-order valence-corrected chi connectivity index (χ4v) is 5.24. The van der Waals surface area contributed by atoms with Crippen LogP contribution in [0.5, 0.6) is 0 Å². The van der Waals surface area contributed by atoms with Gasteiger partial charge in [-0.3, -0.25) is 4.79 Å². The normalized spacial score (nSPS) is 39.4. The lowest BCUT2D eigenvalue weighted by atomic mass is 9.80. The fourth-order valence-electron chi connectivity index (χ4n) is 3.43. The van der Waals surface area contributed by atoms with Gasteiger partial charge in [0.1, 0.15) is 0 Å². The van der Waals surface area contributed by atoms with Crippen molar-refractivity contribution in [1.82, 2.24) is 0 Å². The van der Waals surface area contributed by atoms with Crippen molar-refractivity contribution in [1.29, 1.82) is 0 Å². The number of thioether (sulfide) groups is 1. The standard InChI is InChI=1S/C15H26O3S/c1-3-4-11-5-6-12(15(16)17)14(9-11)19-13-7-8-18-10(13)2/h10-14H,3-9H2,1-2H3,(H,16,17). The second kappa shape index (κ2) is 6.98. The lowest BCUT2D eigenvalue weighted by Gasteiger charge is -2.35. The third-order valence-electron chi connectivity index (χ3n) is 4.57. The SMILES string of the molecule is CCCC1CCC(C(=O)O)C(SC2CCOC2C)C1. The molecule has 1 aliphatic carbocycles. The zero-order chi connectivity index (χ0) is 13.8. The molecule has 0 aromatic heterocycles. The Morgan fingerprint density at radius 3 is 2.68 bits per heavy atom. The minimum Gasteiger partial charge on any atom is -0.481 e. The van der Waals surface area contributed by atoms with E-state index in [0.717, 1.165) is 38.2 Å². The van der Waals surface area contributed by atoms with Gasteiger partial charge in [-0.1, -0.05) is 19.8 Å². The molecule has 2 fully saturated rings. The van der Waals surface area contributed by atoms with Gasteiger partial charge in [-0.2, -0.15) is 11.8 Å². The molecule has 2 aliphatic rings. The minimum atomic E-state index is -0.598. The monoisotopic (exact) mass is 286 g/mol. The van der Waals surface area contributed by atoms with Crippen LogP contribution in [0.3, 0.4) is 0 Å². The van der Waals surface area contributed by atoms with E-state index < -0.39 is 5.97 Å². The van der Waals surface area contributed by atoms with Crippen LogP contribution in [0.25, 0.3) is 0 Å². The Kier molecular flexibility index (Phi) is 5.58. The van der Waals surface area contributed by atoms with Gasteiger partial charge in [0.05, 0.1) is 12.0 Å². The van der Waals surface area contributed by atoms with Crippen molar-refractivity contribution in [2.45, 2.75) is 69.0 Å². The molecule has 0 amide bonds. The van der Waals surface area contributed by atoms with Gasteiger partial charge >= 0.3 is 5.97 Å². The van der Waals surface area contributed by atoms with Crippen molar-refractivity contribution in [3.05, 3.63) is 0 Å². The van der Waals surface area contributed by atoms with Gasteiger partial charge in [0.15, 0.2) is 0 Å². The van der Waals surface area contributed by atoms with E-state index in [2.05, 4.69) is 13.8 Å². The van der Waals surface area contributed by atoms with Gasteiger partial charge in [-0.15, -0.1) is 0 Å². The van der Waals surface area contributed by atoms with E-state index in [1.54, 1.807) is 0 Å². The molecule has 5 atom stereocenters. The summed E-state index contributed by atoms with van der Waals surface area (Å²) >= 11 is 1.90. The Morgan fingerprint density at radius 1 is 1.32 bits per heavy atom. The van der Waals surface area contributed by atoms with E-state index in [1.165, 1.54) is 12.8 Å². The van der Waals surface area contributed by atoms with E-state index in [-0.39, 0.29) is 17.3 Å². The molecule has 4 heteroatoms. The molecule has 1 aliphatic heterocycles. The van der Waals surface area contributed by atoms with Crippen LogP contribution in [-0.2, 0) is 9.53 Å². The molecule has 0 aromatic carbocycles. The highest BCUT2D eigenvalue weighted by Gasteiger charge is 2.38. The number of carboxylic acid groups (broad SMARTS) is 1. The Morgan fingerprint density at radius 2 is 2.11 bits per heavy atom. The fraction of sp³-hybridized carbons (Fsp3) is 0.933. The molecule has 0 spiro atoms. The molecule has 1 heterocycles. The molecule has 110 valence electrons. The number of carbonyl (C=O) groups is 1. The number of carboxylic acids is 1. The average molecular weight is 286 g/mol. The molecule has 2 rings (SSSR count). The van der Waals surface area contributed by atoms with Crippen LogP contribution in [0.15, 0.2) is 0 Å². The number of aliphatic carboxylic acids is 1. The smallest absolute Gasteiger partial charge is 0.307 e. The first-order valence-electron chi connectivity index (χ1n) is 7.61. The van der Waals surface area contributed by atoms with Gasteiger partial charge in [0.2, 0.25) is 0 Å². The molecule has 1 N–H and O–H groups in total. The molecule has 0 aromatic rings. The molecular weight excluding hydrogens is 260 g/mol. The first-order valence-corrected chi connectivity index (χ1v) is 8.56. The second-order valence-corrected chi connectivity index (χ2v) is 7.47. The van der Waals surface area contributed by atoms with Crippen molar-refractivity contribution >= 4 is 17.7 Å². The summed E-state index contributed by atoms with van der Waals surface area (Å²) in [4.78, 5) is 11.4. The molecule has 5 unspecified atom stereocenters. The van der Waals surface area contributed by atoms with Crippen molar-refractivity contribution in [2.75, 3.05) is 6.61 Å². The maximum absolute atomic E-state index is 11.4. The zero-order valence-electron chi connectivity index (χ0n) is 12.0. The summed E-state index contributed by atoms with van der Waals surface area (Å²) in [5, 5.41) is 10.2. The largest absolute Gasteiger partial charge is 0.481 e. The van der Waals surface area contributed by atoms with E-state index in [1.807, 2.05) is 11.8 Å². The van der Waals surface area contributed by atoms with Gasteiger partial charge < -0.3 is 9.84 Å². The summed E-state index contributed by atoms with van der Waals surface area (Å²) in [7, 11) is 0. The van der Waals surface area contributed by atoms with Crippen LogP contribution >= 0.6 is 11.8 Å². The highest BCUT2D eigenvalue weighted by molar-refractivity contribution is 8.00. The average Bonchev–Trinajstić information content (AvgIpc) is 2.75. The summed E-state index contributed by atoms with van der Waals surface area (Å²) in [6.45, 7) is 5.17. The van der Waals surface area contributed by atoms with Crippen LogP contribution in [0.1, 0.15) is 52.4 Å². The molecule has 3 nitrogen and oxygen atoms in total. The Hall–Kier alpha value is -0.220. The zero-order valence-corrected chi connectivity index (χ0v) is 12.8. The van der Waals surface area contributed by atoms with E-state index in [4.69, 9.17) is 4.74 Å². The molecule has 0 bridgehead atoms. The van der Waals surface area contributed by atoms with Gasteiger partial charge in [0.25, 0.3) is 0 Å². The van der Waals surface area contributed by atoms with Crippen molar-refractivity contribution in [3.8, 4) is 0 Å². The predicted molar refractivity (Wildman–Crippen MR) is 78.6 cm³/mol. The number of ether oxygens (including phenoxy) is 1. The van der Waals surface area contributed by atoms with E-state index >= 15 is 0 Å². The Labute approximate surface area is 120 Å². The second-order valence-electron chi connectivity index (χ2n) is 5.99. The third-order valence-corrected chi connectivity index (χ3v) is 6.41. The van der Waals surface area contributed by atoms with Crippen molar-refractivity contribution in [3.63, 3.8) is 0 Å². The van der Waals surface area contributed by atoms with Crippen LogP contribution < -0.4 is 0 Å². The highest BCUT2D eigenvalue weighted by atomic mass is 32.2. The number of rotatable bonds is 5. The van der Waals surface area contributed by atoms with Crippen LogP contribution in [0.4, 0.5) is 0 Å². The molecule has 1 saturated heterocycles. The lowest BCUT2D eigenvalue weighted by Crippen LogP contribution is -2.35. The summed E-state index contributed by atoms with van der Waals surface area (Å²) in [6, 6.07) is 0. The first kappa shape index (κ1) is 15.2. The molecule has 1 saturated carbocycles. The molecule has 0 radical (unpaired) electrons. The maximum Gasteiger partial charge on any atom is 0.307 e. The summed E-state index contributed by atoms with van der Waals surface area (Å²) < 4.78 is 5.61. The van der Waals surface area contributed by atoms with Crippen molar-refractivity contribution < 1.29 is 14.6 Å². The van der Waals surface area contributed by atoms with E-state index in [9.17, 15) is 9.90 Å². The quantitative estimate of drug-likeness (QED) is 0.839. The molecule has 19 heavy (non-hydrogen) atoms. The van der Waals surface area contributed by atoms with Gasteiger partial charge in [0, 0.05) is 17.1 Å². The Bertz CT molecular complexity index is 308. The van der Waals surface area contributed by atoms with Gasteiger partial charge in [-0.25, -0.2) is 0 Å². The Balaban J connectivity index is 1.96. The van der Waals surface area contributed by atoms with Gasteiger partial charge in [-0.05, 0) is 38.5 Å². The third kappa shape index (κ3) is 3.88. The molecular formula is C15H26O3S.